The normalized spacial score (nSPS) is 26.9. The number of nitrogens with zero attached hydrogens (tertiary/aromatic N) is 3. The van der Waals surface area contributed by atoms with E-state index in [4.69, 9.17) is 0 Å². The SMILES string of the molecule is CC(CC1CCCCC1)C(=O)N1CC[C@@](O)(Cn2cc(C(=O)N3CCNCC3)c(C3CC3)cc2=O)C(C)(C)C1. The summed E-state index contributed by atoms with van der Waals surface area (Å²) in [6, 6.07) is 1.63. The van der Waals surface area contributed by atoms with Crippen molar-refractivity contribution in [2.24, 2.45) is 17.3 Å². The lowest BCUT2D eigenvalue weighted by Gasteiger charge is -2.51. The van der Waals surface area contributed by atoms with E-state index in [0.29, 0.717) is 44.1 Å². The molecule has 0 bridgehead atoms. The third-order valence-electron chi connectivity index (χ3n) is 10.0. The maximum atomic E-state index is 13.5. The zero-order valence-corrected chi connectivity index (χ0v) is 24.2. The summed E-state index contributed by atoms with van der Waals surface area (Å²) in [7, 11) is 0. The number of aromatic nitrogens is 1. The lowest BCUT2D eigenvalue weighted by molar-refractivity contribution is -0.157. The second-order valence-corrected chi connectivity index (χ2v) is 13.5. The summed E-state index contributed by atoms with van der Waals surface area (Å²) in [6.07, 6.45) is 11.4. The summed E-state index contributed by atoms with van der Waals surface area (Å²) in [5, 5.41) is 15.2. The average Bonchev–Trinajstić information content (AvgIpc) is 3.77. The van der Waals surface area contributed by atoms with Gasteiger partial charge >= 0.3 is 0 Å². The van der Waals surface area contributed by atoms with Crippen molar-refractivity contribution < 1.29 is 14.7 Å². The van der Waals surface area contributed by atoms with E-state index >= 15 is 0 Å². The largest absolute Gasteiger partial charge is 0.387 e. The van der Waals surface area contributed by atoms with Gasteiger partial charge in [-0.25, -0.2) is 0 Å². The standard InChI is InChI=1S/C31H48N4O4/c1-22(17-23-7-5-4-6-8-23)28(37)34-14-11-31(39,30(2,3)20-34)21-35-19-26(25(18-27(35)36)24-9-10-24)29(38)33-15-12-32-13-16-33/h18-19,22-24,32,39H,4-17,20-21H2,1-3H3/t22?,31-/m1/s1. The van der Waals surface area contributed by atoms with Crippen LogP contribution in [0.1, 0.15) is 100 Å². The van der Waals surface area contributed by atoms with Crippen LogP contribution in [0.15, 0.2) is 17.1 Å². The Morgan fingerprint density at radius 3 is 2.38 bits per heavy atom. The molecule has 216 valence electrons. The van der Waals surface area contributed by atoms with Gasteiger partial charge in [0.05, 0.1) is 17.7 Å². The maximum absolute atomic E-state index is 13.5. The van der Waals surface area contributed by atoms with Crippen molar-refractivity contribution in [1.82, 2.24) is 19.7 Å². The molecule has 2 amide bonds. The fourth-order valence-corrected chi connectivity index (χ4v) is 7.12. The van der Waals surface area contributed by atoms with Gasteiger partial charge in [-0.05, 0) is 43.1 Å². The monoisotopic (exact) mass is 540 g/mol. The van der Waals surface area contributed by atoms with E-state index in [2.05, 4.69) is 12.2 Å². The van der Waals surface area contributed by atoms with E-state index < -0.39 is 11.0 Å². The van der Waals surface area contributed by atoms with Gasteiger partial charge in [0.25, 0.3) is 11.5 Å². The van der Waals surface area contributed by atoms with Gasteiger partial charge in [0.1, 0.15) is 0 Å². The molecule has 4 fully saturated rings. The topological polar surface area (TPSA) is 94.9 Å². The molecule has 0 radical (unpaired) electrons. The number of likely N-dealkylation sites (tertiary alicyclic amines) is 1. The van der Waals surface area contributed by atoms with Gasteiger partial charge in [-0.15, -0.1) is 0 Å². The van der Waals surface area contributed by atoms with E-state index in [9.17, 15) is 19.5 Å². The highest BCUT2D eigenvalue weighted by Crippen LogP contribution is 2.43. The zero-order valence-electron chi connectivity index (χ0n) is 24.2. The molecule has 2 aliphatic carbocycles. The summed E-state index contributed by atoms with van der Waals surface area (Å²) < 4.78 is 1.55. The smallest absolute Gasteiger partial charge is 0.255 e. The highest BCUT2D eigenvalue weighted by atomic mass is 16.3. The Hall–Kier alpha value is -2.19. The molecule has 5 rings (SSSR count). The number of carbonyl (C=O) groups is 2. The van der Waals surface area contributed by atoms with Crippen molar-refractivity contribution in [3.05, 3.63) is 33.7 Å². The highest BCUT2D eigenvalue weighted by molar-refractivity contribution is 5.95. The highest BCUT2D eigenvalue weighted by Gasteiger charge is 2.49. The number of amides is 2. The minimum atomic E-state index is -1.17. The Morgan fingerprint density at radius 2 is 1.74 bits per heavy atom. The number of piperidine rings is 1. The van der Waals surface area contributed by atoms with Crippen LogP contribution in [-0.2, 0) is 11.3 Å². The van der Waals surface area contributed by atoms with E-state index in [-0.39, 0.29) is 35.8 Å². The van der Waals surface area contributed by atoms with Crippen molar-refractivity contribution in [1.29, 1.82) is 0 Å². The Morgan fingerprint density at radius 1 is 1.05 bits per heavy atom. The van der Waals surface area contributed by atoms with Crippen LogP contribution in [0.25, 0.3) is 0 Å². The van der Waals surface area contributed by atoms with Crippen LogP contribution in [0.3, 0.4) is 0 Å². The van der Waals surface area contributed by atoms with Gasteiger partial charge in [0.15, 0.2) is 0 Å². The molecule has 3 heterocycles. The Labute approximate surface area is 233 Å². The molecule has 4 aliphatic rings. The van der Waals surface area contributed by atoms with Crippen LogP contribution in [0, 0.1) is 17.3 Å². The quantitative estimate of drug-likeness (QED) is 0.553. The average molecular weight is 541 g/mol. The van der Waals surface area contributed by atoms with Crippen molar-refractivity contribution in [2.75, 3.05) is 39.3 Å². The second kappa shape index (κ2) is 11.4. The molecule has 0 spiro atoms. The molecule has 8 heteroatoms. The van der Waals surface area contributed by atoms with Gasteiger partial charge in [-0.2, -0.15) is 0 Å². The van der Waals surface area contributed by atoms with Crippen molar-refractivity contribution in [3.63, 3.8) is 0 Å². The minimum absolute atomic E-state index is 0.00811. The molecule has 1 aromatic heterocycles. The first kappa shape index (κ1) is 28.3. The lowest BCUT2D eigenvalue weighted by atomic mass is 9.69. The molecule has 1 aromatic rings. The van der Waals surface area contributed by atoms with Gasteiger partial charge in [0, 0.05) is 62.9 Å². The lowest BCUT2D eigenvalue weighted by Crippen LogP contribution is -2.61. The number of hydrogen-bond donors (Lipinski definition) is 2. The van der Waals surface area contributed by atoms with Crippen LogP contribution in [-0.4, -0.2) is 76.2 Å². The molecule has 2 N–H and O–H groups in total. The Bertz CT molecular complexity index is 1110. The minimum Gasteiger partial charge on any atom is -0.387 e. The number of rotatable bonds is 7. The first-order valence-electron chi connectivity index (χ1n) is 15.3. The molecule has 39 heavy (non-hydrogen) atoms. The number of carbonyl (C=O) groups excluding carboxylic acids is 2. The first-order chi connectivity index (χ1) is 18.6. The predicted octanol–water partition coefficient (Wildman–Crippen LogP) is 3.37. The fraction of sp³-hybridized carbons (Fsp3) is 0.774. The number of nitrogens with one attached hydrogen (secondary N) is 1. The molecule has 2 saturated carbocycles. The van der Waals surface area contributed by atoms with Crippen LogP contribution < -0.4 is 10.9 Å². The van der Waals surface area contributed by atoms with Crippen LogP contribution in [0.2, 0.25) is 0 Å². The van der Waals surface area contributed by atoms with E-state index in [1.54, 1.807) is 16.8 Å². The Balaban J connectivity index is 1.31. The summed E-state index contributed by atoms with van der Waals surface area (Å²) in [5.41, 5.74) is -0.486. The van der Waals surface area contributed by atoms with Gasteiger partial charge in [-0.1, -0.05) is 52.9 Å². The van der Waals surface area contributed by atoms with Crippen molar-refractivity contribution in [2.45, 2.75) is 96.6 Å². The summed E-state index contributed by atoms with van der Waals surface area (Å²) >= 11 is 0. The van der Waals surface area contributed by atoms with Crippen LogP contribution in [0.4, 0.5) is 0 Å². The number of pyridine rings is 1. The molecule has 0 aromatic carbocycles. The van der Waals surface area contributed by atoms with Gasteiger partial charge in [0.2, 0.25) is 5.91 Å². The molecule has 2 aliphatic heterocycles. The van der Waals surface area contributed by atoms with Crippen LogP contribution >= 0.6 is 0 Å². The summed E-state index contributed by atoms with van der Waals surface area (Å²) in [5.74, 6) is 1.08. The summed E-state index contributed by atoms with van der Waals surface area (Å²) in [4.78, 5) is 44.0. The Kier molecular flexibility index (Phi) is 8.25. The number of aliphatic hydroxyl groups is 1. The molecule has 2 saturated heterocycles. The van der Waals surface area contributed by atoms with E-state index in [1.165, 1.54) is 32.1 Å². The zero-order chi connectivity index (χ0) is 27.8. The number of hydrogen-bond acceptors (Lipinski definition) is 5. The van der Waals surface area contributed by atoms with Crippen LogP contribution in [0.5, 0.6) is 0 Å². The molecular formula is C31H48N4O4. The summed E-state index contributed by atoms with van der Waals surface area (Å²) in [6.45, 7) is 9.95. The fourth-order valence-electron chi connectivity index (χ4n) is 7.12. The third kappa shape index (κ3) is 6.12. The number of piperazine rings is 1. The van der Waals surface area contributed by atoms with Gasteiger partial charge in [-0.3, -0.25) is 14.4 Å². The molecule has 2 atom stereocenters. The van der Waals surface area contributed by atoms with E-state index in [1.807, 2.05) is 23.6 Å². The first-order valence-corrected chi connectivity index (χ1v) is 15.3. The molecule has 8 nitrogen and oxygen atoms in total. The maximum Gasteiger partial charge on any atom is 0.255 e. The van der Waals surface area contributed by atoms with Crippen molar-refractivity contribution in [3.8, 4) is 0 Å². The third-order valence-corrected chi connectivity index (χ3v) is 10.0. The van der Waals surface area contributed by atoms with Crippen molar-refractivity contribution >= 4 is 11.8 Å². The van der Waals surface area contributed by atoms with Gasteiger partial charge < -0.3 is 24.8 Å². The molecule has 1 unspecified atom stereocenters. The van der Waals surface area contributed by atoms with E-state index in [0.717, 1.165) is 37.9 Å². The molecular weight excluding hydrogens is 492 g/mol. The predicted molar refractivity (Wildman–Crippen MR) is 152 cm³/mol. The second-order valence-electron chi connectivity index (χ2n) is 13.5.